The van der Waals surface area contributed by atoms with E-state index in [0.717, 1.165) is 18.4 Å². The van der Waals surface area contributed by atoms with Gasteiger partial charge in [-0.3, -0.25) is 19.0 Å². The summed E-state index contributed by atoms with van der Waals surface area (Å²) >= 11 is 0. The Hall–Kier alpha value is -2.70. The summed E-state index contributed by atoms with van der Waals surface area (Å²) in [5.41, 5.74) is 6.78. The van der Waals surface area contributed by atoms with Crippen LogP contribution in [0, 0.1) is 12.8 Å². The molecule has 7 nitrogen and oxygen atoms in total. The van der Waals surface area contributed by atoms with E-state index in [1.807, 2.05) is 19.1 Å². The third-order valence-electron chi connectivity index (χ3n) is 5.08. The number of hydrogen-bond donors (Lipinski definition) is 1. The minimum atomic E-state index is -0.284. The number of primary amides is 1. The molecule has 0 unspecified atom stereocenters. The van der Waals surface area contributed by atoms with Crippen LogP contribution in [0.2, 0.25) is 0 Å². The quantitative estimate of drug-likeness (QED) is 0.870. The second kappa shape index (κ2) is 7.68. The molecule has 1 aliphatic rings. The van der Waals surface area contributed by atoms with Gasteiger partial charge in [0.2, 0.25) is 11.8 Å². The van der Waals surface area contributed by atoms with Gasteiger partial charge in [0, 0.05) is 32.5 Å². The number of hydrogen-bond acceptors (Lipinski definition) is 4. The van der Waals surface area contributed by atoms with E-state index < -0.39 is 0 Å². The van der Waals surface area contributed by atoms with Gasteiger partial charge >= 0.3 is 0 Å². The van der Waals surface area contributed by atoms with Gasteiger partial charge in [-0.15, -0.1) is 0 Å². The fraction of sp³-hybridized carbons (Fsp3) is 0.474. The van der Waals surface area contributed by atoms with Crippen LogP contribution in [0.1, 0.15) is 31.2 Å². The lowest BCUT2D eigenvalue weighted by Gasteiger charge is -2.31. The number of rotatable bonds is 5. The Balaban J connectivity index is 1.60. The normalized spacial score (nSPS) is 15.3. The number of fused-ring (bicyclic) bond motifs is 1. The van der Waals surface area contributed by atoms with Gasteiger partial charge in [-0.1, -0.05) is 12.1 Å². The number of aromatic nitrogens is 2. The number of aryl methyl sites for hydroxylation is 2. The number of likely N-dealkylation sites (tertiary alicyclic amines) is 1. The van der Waals surface area contributed by atoms with Crippen molar-refractivity contribution in [3.05, 3.63) is 40.4 Å². The Morgan fingerprint density at radius 3 is 2.69 bits per heavy atom. The fourth-order valence-corrected chi connectivity index (χ4v) is 3.54. The third-order valence-corrected chi connectivity index (χ3v) is 5.08. The lowest BCUT2D eigenvalue weighted by Crippen LogP contribution is -2.40. The molecule has 2 amide bonds. The number of carbonyl (C=O) groups excluding carboxylic acids is 2. The minimum Gasteiger partial charge on any atom is -0.370 e. The lowest BCUT2D eigenvalue weighted by atomic mass is 9.93. The molecular formula is C19H24N4O3. The maximum absolute atomic E-state index is 12.6. The van der Waals surface area contributed by atoms with Crippen LogP contribution in [0.5, 0.6) is 0 Å². The van der Waals surface area contributed by atoms with E-state index in [1.54, 1.807) is 11.0 Å². The first kappa shape index (κ1) is 18.1. The van der Waals surface area contributed by atoms with E-state index in [9.17, 15) is 14.4 Å². The Bertz CT molecular complexity index is 882. The van der Waals surface area contributed by atoms with Gasteiger partial charge in [-0.2, -0.15) is 0 Å². The molecule has 0 aliphatic carbocycles. The molecule has 0 spiro atoms. The molecule has 7 heteroatoms. The molecule has 1 fully saturated rings. The SMILES string of the molecule is Cc1cccc2c(=O)n(CCC(=O)N3CCC(CC(N)=O)CC3)cnc12. The summed E-state index contributed by atoms with van der Waals surface area (Å²) in [6.45, 7) is 3.52. The van der Waals surface area contributed by atoms with Crippen molar-refractivity contribution in [2.75, 3.05) is 13.1 Å². The molecule has 138 valence electrons. The smallest absolute Gasteiger partial charge is 0.261 e. The molecule has 3 rings (SSSR count). The van der Waals surface area contributed by atoms with E-state index in [2.05, 4.69) is 4.98 Å². The molecule has 0 radical (unpaired) electrons. The molecule has 26 heavy (non-hydrogen) atoms. The maximum atomic E-state index is 12.6. The summed E-state index contributed by atoms with van der Waals surface area (Å²) in [5, 5.41) is 0.576. The van der Waals surface area contributed by atoms with Gasteiger partial charge in [0.25, 0.3) is 5.56 Å². The standard InChI is InChI=1S/C19H24N4O3/c1-13-3-2-4-15-18(13)21-12-23(19(15)26)10-7-17(25)22-8-5-14(6-9-22)11-16(20)24/h2-4,12,14H,5-11H2,1H3,(H2,20,24). The summed E-state index contributed by atoms with van der Waals surface area (Å²) in [6, 6.07) is 5.52. The van der Waals surface area contributed by atoms with Crippen molar-refractivity contribution in [1.29, 1.82) is 0 Å². The topological polar surface area (TPSA) is 98.3 Å². The van der Waals surface area contributed by atoms with Gasteiger partial charge in [-0.05, 0) is 37.3 Å². The van der Waals surface area contributed by atoms with Crippen molar-refractivity contribution in [1.82, 2.24) is 14.5 Å². The molecular weight excluding hydrogens is 332 g/mol. The van der Waals surface area contributed by atoms with Gasteiger partial charge in [0.05, 0.1) is 17.2 Å². The van der Waals surface area contributed by atoms with Crippen LogP contribution in [0.3, 0.4) is 0 Å². The van der Waals surface area contributed by atoms with Gasteiger partial charge in [-0.25, -0.2) is 4.98 Å². The van der Waals surface area contributed by atoms with Crippen LogP contribution >= 0.6 is 0 Å². The number of nitrogens with zero attached hydrogens (tertiary/aromatic N) is 3. The summed E-state index contributed by atoms with van der Waals surface area (Å²) in [4.78, 5) is 42.2. The number of carbonyl (C=O) groups is 2. The minimum absolute atomic E-state index is 0.0266. The number of nitrogens with two attached hydrogens (primary N) is 1. The Labute approximate surface area is 151 Å². The lowest BCUT2D eigenvalue weighted by molar-refractivity contribution is -0.132. The zero-order valence-electron chi connectivity index (χ0n) is 15.0. The number of amides is 2. The van der Waals surface area contributed by atoms with E-state index in [-0.39, 0.29) is 29.7 Å². The van der Waals surface area contributed by atoms with Crippen LogP contribution in [-0.2, 0) is 16.1 Å². The van der Waals surface area contributed by atoms with E-state index in [1.165, 1.54) is 10.9 Å². The largest absolute Gasteiger partial charge is 0.370 e. The molecule has 1 aromatic carbocycles. The molecule has 2 aromatic rings. The van der Waals surface area contributed by atoms with E-state index in [4.69, 9.17) is 5.73 Å². The molecule has 0 saturated carbocycles. The van der Waals surface area contributed by atoms with Crippen LogP contribution in [0.25, 0.3) is 10.9 Å². The summed E-state index contributed by atoms with van der Waals surface area (Å²) in [5.74, 6) is 0.0130. The highest BCUT2D eigenvalue weighted by atomic mass is 16.2. The van der Waals surface area contributed by atoms with Gasteiger partial charge in [0.1, 0.15) is 0 Å². The van der Waals surface area contributed by atoms with E-state index in [0.29, 0.717) is 37.0 Å². The second-order valence-corrected chi connectivity index (χ2v) is 6.96. The zero-order valence-corrected chi connectivity index (χ0v) is 15.0. The molecule has 2 N–H and O–H groups in total. The predicted molar refractivity (Wildman–Crippen MR) is 98.5 cm³/mol. The van der Waals surface area contributed by atoms with Gasteiger partial charge < -0.3 is 10.6 Å². The third kappa shape index (κ3) is 3.92. The Morgan fingerprint density at radius 2 is 2.00 bits per heavy atom. The molecule has 2 heterocycles. The summed E-state index contributed by atoms with van der Waals surface area (Å²) in [6.07, 6.45) is 3.76. The summed E-state index contributed by atoms with van der Waals surface area (Å²) < 4.78 is 1.50. The molecule has 1 aliphatic heterocycles. The number of benzene rings is 1. The van der Waals surface area contributed by atoms with Crippen LogP contribution in [0.4, 0.5) is 0 Å². The molecule has 0 bridgehead atoms. The molecule has 1 saturated heterocycles. The molecule has 0 atom stereocenters. The molecule has 1 aromatic heterocycles. The Kier molecular flexibility index (Phi) is 5.35. The highest BCUT2D eigenvalue weighted by Gasteiger charge is 2.23. The second-order valence-electron chi connectivity index (χ2n) is 6.96. The van der Waals surface area contributed by atoms with E-state index >= 15 is 0 Å². The van der Waals surface area contributed by atoms with Crippen molar-refractivity contribution >= 4 is 22.7 Å². The average Bonchev–Trinajstić information content (AvgIpc) is 2.62. The van der Waals surface area contributed by atoms with Crippen molar-refractivity contribution in [3.8, 4) is 0 Å². The van der Waals surface area contributed by atoms with Crippen LogP contribution in [-0.4, -0.2) is 39.4 Å². The summed E-state index contributed by atoms with van der Waals surface area (Å²) in [7, 11) is 0. The van der Waals surface area contributed by atoms with Crippen molar-refractivity contribution in [2.45, 2.75) is 39.2 Å². The average molecular weight is 356 g/mol. The fourth-order valence-electron chi connectivity index (χ4n) is 3.54. The van der Waals surface area contributed by atoms with Gasteiger partial charge in [0.15, 0.2) is 0 Å². The first-order valence-corrected chi connectivity index (χ1v) is 8.96. The first-order chi connectivity index (χ1) is 12.5. The highest BCUT2D eigenvalue weighted by Crippen LogP contribution is 2.20. The maximum Gasteiger partial charge on any atom is 0.261 e. The van der Waals surface area contributed by atoms with Crippen LogP contribution < -0.4 is 11.3 Å². The predicted octanol–water partition coefficient (Wildman–Crippen LogP) is 1.21. The highest BCUT2D eigenvalue weighted by molar-refractivity contribution is 5.80. The first-order valence-electron chi connectivity index (χ1n) is 8.96. The number of piperidine rings is 1. The number of para-hydroxylation sites is 1. The van der Waals surface area contributed by atoms with Crippen LogP contribution in [0.15, 0.2) is 29.3 Å². The monoisotopic (exact) mass is 356 g/mol. The van der Waals surface area contributed by atoms with Crippen molar-refractivity contribution in [3.63, 3.8) is 0 Å². The van der Waals surface area contributed by atoms with Crippen molar-refractivity contribution in [2.24, 2.45) is 11.7 Å². The van der Waals surface area contributed by atoms with Crippen molar-refractivity contribution < 1.29 is 9.59 Å². The zero-order chi connectivity index (χ0) is 18.7. The Morgan fingerprint density at radius 1 is 1.27 bits per heavy atom.